The van der Waals surface area contributed by atoms with E-state index in [1.807, 2.05) is 19.9 Å². The van der Waals surface area contributed by atoms with Crippen molar-refractivity contribution >= 4 is 23.1 Å². The average molecular weight is 308 g/mol. The molecular weight excluding hydrogens is 288 g/mol. The van der Waals surface area contributed by atoms with Gasteiger partial charge in [-0.2, -0.15) is 5.10 Å². The van der Waals surface area contributed by atoms with Crippen LogP contribution in [0.4, 0.5) is 5.82 Å². The second-order valence-corrected chi connectivity index (χ2v) is 5.86. The molecule has 7 heteroatoms. The largest absolute Gasteiger partial charge is 0.375 e. The van der Waals surface area contributed by atoms with Gasteiger partial charge < -0.3 is 10.1 Å². The fraction of sp³-hybridized carbons (Fsp3) is 0.500. The summed E-state index contributed by atoms with van der Waals surface area (Å²) in [6.07, 6.45) is 1.83. The molecular formula is C14H20N4O2S. The number of methoxy groups -OCH3 is 1. The van der Waals surface area contributed by atoms with E-state index >= 15 is 0 Å². The number of aromatic amines is 1. The average Bonchev–Trinajstić information content (AvgIpc) is 3.05. The molecule has 0 saturated carbocycles. The summed E-state index contributed by atoms with van der Waals surface area (Å²) in [7, 11) is 1.63. The number of H-pyrrole nitrogens is 1. The van der Waals surface area contributed by atoms with Crippen molar-refractivity contribution in [3.8, 4) is 0 Å². The standard InChI is InChI=1S/C14H20N4O2S/c1-5-6-10-7-11(18-17-10)16-13(19)12-8(2)15-14(21-12)9(3)20-4/h7,9H,5-6H2,1-4H3,(H2,16,17,18,19). The maximum atomic E-state index is 12.3. The van der Waals surface area contributed by atoms with Crippen molar-refractivity contribution in [2.75, 3.05) is 12.4 Å². The lowest BCUT2D eigenvalue weighted by Crippen LogP contribution is -2.11. The molecule has 2 rings (SSSR count). The van der Waals surface area contributed by atoms with Crippen LogP contribution in [0.15, 0.2) is 6.07 Å². The molecule has 1 unspecified atom stereocenters. The summed E-state index contributed by atoms with van der Waals surface area (Å²) in [5, 5.41) is 10.6. The van der Waals surface area contributed by atoms with Gasteiger partial charge >= 0.3 is 0 Å². The summed E-state index contributed by atoms with van der Waals surface area (Å²) < 4.78 is 5.23. The highest BCUT2D eigenvalue weighted by Gasteiger charge is 2.19. The molecule has 2 heterocycles. The van der Waals surface area contributed by atoms with Crippen molar-refractivity contribution in [2.24, 2.45) is 0 Å². The van der Waals surface area contributed by atoms with Gasteiger partial charge in [-0.1, -0.05) is 13.3 Å². The molecule has 114 valence electrons. The molecule has 6 nitrogen and oxygen atoms in total. The summed E-state index contributed by atoms with van der Waals surface area (Å²) in [4.78, 5) is 17.3. The number of thiazole rings is 1. The van der Waals surface area contributed by atoms with Crippen molar-refractivity contribution in [2.45, 2.75) is 39.7 Å². The maximum Gasteiger partial charge on any atom is 0.268 e. The van der Waals surface area contributed by atoms with E-state index < -0.39 is 0 Å². The maximum absolute atomic E-state index is 12.3. The van der Waals surface area contributed by atoms with E-state index in [0.717, 1.165) is 23.5 Å². The van der Waals surface area contributed by atoms with Crippen molar-refractivity contribution in [3.63, 3.8) is 0 Å². The Morgan fingerprint density at radius 1 is 1.57 bits per heavy atom. The molecule has 0 saturated heterocycles. The van der Waals surface area contributed by atoms with Crippen LogP contribution in [0.3, 0.4) is 0 Å². The van der Waals surface area contributed by atoms with Gasteiger partial charge in [0.25, 0.3) is 5.91 Å². The SMILES string of the molecule is CCCc1cc(NC(=O)c2sc(C(C)OC)nc2C)n[nH]1. The lowest BCUT2D eigenvalue weighted by molar-refractivity contribution is 0.102. The number of anilines is 1. The first-order valence-corrected chi connectivity index (χ1v) is 7.72. The highest BCUT2D eigenvalue weighted by atomic mass is 32.1. The number of hydrogen-bond donors (Lipinski definition) is 2. The van der Waals surface area contributed by atoms with Crippen LogP contribution in [0.2, 0.25) is 0 Å². The Bertz CT molecular complexity index is 620. The second kappa shape index (κ2) is 6.82. The predicted octanol–water partition coefficient (Wildman–Crippen LogP) is 3.09. The van der Waals surface area contributed by atoms with E-state index in [1.165, 1.54) is 11.3 Å². The van der Waals surface area contributed by atoms with Crippen molar-refractivity contribution in [3.05, 3.63) is 27.3 Å². The minimum Gasteiger partial charge on any atom is -0.375 e. The van der Waals surface area contributed by atoms with Crippen LogP contribution in [0.1, 0.15) is 52.4 Å². The van der Waals surface area contributed by atoms with Crippen LogP contribution in [-0.2, 0) is 11.2 Å². The minimum absolute atomic E-state index is 0.114. The molecule has 2 N–H and O–H groups in total. The lowest BCUT2D eigenvalue weighted by atomic mass is 10.2. The smallest absolute Gasteiger partial charge is 0.268 e. The first kappa shape index (κ1) is 15.7. The van der Waals surface area contributed by atoms with Crippen LogP contribution < -0.4 is 5.32 Å². The molecule has 0 aliphatic rings. The molecule has 21 heavy (non-hydrogen) atoms. The van der Waals surface area contributed by atoms with E-state index in [4.69, 9.17) is 4.74 Å². The van der Waals surface area contributed by atoms with Gasteiger partial charge in [0.1, 0.15) is 16.0 Å². The number of nitrogens with one attached hydrogen (secondary N) is 2. The molecule has 1 atom stereocenters. The molecule has 2 aromatic rings. The Morgan fingerprint density at radius 3 is 3.00 bits per heavy atom. The Morgan fingerprint density at radius 2 is 2.33 bits per heavy atom. The van der Waals surface area contributed by atoms with Gasteiger partial charge in [0.15, 0.2) is 5.82 Å². The molecule has 0 bridgehead atoms. The number of amides is 1. The topological polar surface area (TPSA) is 79.9 Å². The summed E-state index contributed by atoms with van der Waals surface area (Å²) in [6, 6.07) is 1.86. The van der Waals surface area contributed by atoms with Gasteiger partial charge in [-0.3, -0.25) is 9.89 Å². The van der Waals surface area contributed by atoms with Gasteiger partial charge in [0.05, 0.1) is 5.69 Å². The van der Waals surface area contributed by atoms with Crippen LogP contribution in [0.5, 0.6) is 0 Å². The molecule has 0 spiro atoms. The number of aromatic nitrogens is 3. The molecule has 0 fully saturated rings. The normalized spacial score (nSPS) is 12.4. The molecule has 2 aromatic heterocycles. The molecule has 0 aliphatic heterocycles. The minimum atomic E-state index is -0.186. The van der Waals surface area contributed by atoms with Crippen molar-refractivity contribution < 1.29 is 9.53 Å². The van der Waals surface area contributed by atoms with E-state index in [-0.39, 0.29) is 12.0 Å². The predicted molar refractivity (Wildman–Crippen MR) is 82.8 cm³/mol. The van der Waals surface area contributed by atoms with Crippen molar-refractivity contribution in [1.29, 1.82) is 0 Å². The van der Waals surface area contributed by atoms with E-state index in [0.29, 0.717) is 16.4 Å². The number of ether oxygens (including phenoxy) is 1. The summed E-state index contributed by atoms with van der Waals surface area (Å²) in [6.45, 7) is 5.83. The Labute approximate surface area is 127 Å². The van der Waals surface area contributed by atoms with Crippen LogP contribution in [-0.4, -0.2) is 28.2 Å². The van der Waals surface area contributed by atoms with Gasteiger partial charge in [-0.15, -0.1) is 11.3 Å². The summed E-state index contributed by atoms with van der Waals surface area (Å²) in [5.41, 5.74) is 1.73. The highest BCUT2D eigenvalue weighted by Crippen LogP contribution is 2.25. The van der Waals surface area contributed by atoms with Crippen LogP contribution in [0, 0.1) is 6.92 Å². The van der Waals surface area contributed by atoms with Crippen molar-refractivity contribution in [1.82, 2.24) is 15.2 Å². The highest BCUT2D eigenvalue weighted by molar-refractivity contribution is 7.14. The number of rotatable bonds is 6. The molecule has 0 radical (unpaired) electrons. The summed E-state index contributed by atoms with van der Waals surface area (Å²) >= 11 is 1.35. The third kappa shape index (κ3) is 3.68. The molecule has 1 amide bonds. The number of hydrogen-bond acceptors (Lipinski definition) is 5. The monoisotopic (exact) mass is 308 g/mol. The molecule has 0 aliphatic carbocycles. The van der Waals surface area contributed by atoms with Gasteiger partial charge in [0.2, 0.25) is 0 Å². The lowest BCUT2D eigenvalue weighted by Gasteiger charge is -2.03. The zero-order chi connectivity index (χ0) is 15.4. The molecule has 0 aromatic carbocycles. The quantitative estimate of drug-likeness (QED) is 0.859. The zero-order valence-corrected chi connectivity index (χ0v) is 13.5. The number of nitrogens with zero attached hydrogens (tertiary/aromatic N) is 2. The van der Waals surface area contributed by atoms with Crippen LogP contribution >= 0.6 is 11.3 Å². The van der Waals surface area contributed by atoms with E-state index in [2.05, 4.69) is 27.4 Å². The fourth-order valence-electron chi connectivity index (χ4n) is 1.90. The number of aryl methyl sites for hydroxylation is 2. The van der Waals surface area contributed by atoms with Gasteiger partial charge in [-0.05, 0) is 20.3 Å². The number of carbonyl (C=O) groups excluding carboxylic acids is 1. The third-order valence-corrected chi connectivity index (χ3v) is 4.43. The van der Waals surface area contributed by atoms with Crippen LogP contribution in [0.25, 0.3) is 0 Å². The fourth-order valence-corrected chi connectivity index (χ4v) is 2.89. The Kier molecular flexibility index (Phi) is 5.08. The second-order valence-electron chi connectivity index (χ2n) is 4.83. The summed E-state index contributed by atoms with van der Waals surface area (Å²) in [5.74, 6) is 0.353. The zero-order valence-electron chi connectivity index (χ0n) is 12.7. The van der Waals surface area contributed by atoms with Gasteiger partial charge in [0, 0.05) is 18.9 Å². The first-order chi connectivity index (χ1) is 10.0. The van der Waals surface area contributed by atoms with E-state index in [1.54, 1.807) is 7.11 Å². The Balaban J connectivity index is 2.10. The number of carbonyl (C=O) groups is 1. The first-order valence-electron chi connectivity index (χ1n) is 6.90. The Hall–Kier alpha value is -1.73. The van der Waals surface area contributed by atoms with Gasteiger partial charge in [-0.25, -0.2) is 4.98 Å². The third-order valence-electron chi connectivity index (χ3n) is 3.11. The van der Waals surface area contributed by atoms with E-state index in [9.17, 15) is 4.79 Å².